The van der Waals surface area contributed by atoms with Crippen LogP contribution in [0.2, 0.25) is 0 Å². The molecule has 4 rings (SSSR count). The van der Waals surface area contributed by atoms with Crippen molar-refractivity contribution < 1.29 is 9.18 Å². The Morgan fingerprint density at radius 3 is 2.59 bits per heavy atom. The van der Waals surface area contributed by atoms with Gasteiger partial charge in [-0.25, -0.2) is 14.2 Å². The average Bonchev–Trinajstić information content (AvgIpc) is 3.46. The lowest BCUT2D eigenvalue weighted by molar-refractivity contribution is 0.251. The maximum atomic E-state index is 14.6. The van der Waals surface area contributed by atoms with E-state index in [2.05, 4.69) is 27.9 Å². The van der Waals surface area contributed by atoms with Gasteiger partial charge in [-0.1, -0.05) is 6.92 Å². The minimum absolute atomic E-state index is 0. The zero-order valence-corrected chi connectivity index (χ0v) is 19.6. The Bertz CT molecular complexity index is 1160. The molecule has 1 aromatic carbocycles. The molecule has 2 amide bonds. The first-order valence-corrected chi connectivity index (χ1v) is 10.6. The van der Waals surface area contributed by atoms with Crippen molar-refractivity contribution in [1.82, 2.24) is 15.3 Å². The van der Waals surface area contributed by atoms with E-state index < -0.39 is 11.8 Å². The molecule has 0 bridgehead atoms. The largest absolute Gasteiger partial charge is 0.373 e. The maximum Gasteiger partial charge on any atom is 0.319 e. The van der Waals surface area contributed by atoms with Crippen molar-refractivity contribution >= 4 is 40.8 Å². The third kappa shape index (κ3) is 5.10. The fourth-order valence-electron chi connectivity index (χ4n) is 3.74. The Kier molecular flexibility index (Phi) is 6.88. The normalized spacial score (nSPS) is 13.9. The highest BCUT2D eigenvalue weighted by Gasteiger charge is 2.36. The number of rotatable bonds is 6. The quantitative estimate of drug-likeness (QED) is 0.435. The summed E-state index contributed by atoms with van der Waals surface area (Å²) in [6.07, 6.45) is 5.12. The number of aromatic nitrogens is 2. The lowest BCUT2D eigenvalue weighted by Crippen LogP contribution is -2.30. The number of pyridine rings is 2. The smallest absolute Gasteiger partial charge is 0.319 e. The number of hydrogen-bond acceptors (Lipinski definition) is 4. The summed E-state index contributed by atoms with van der Waals surface area (Å²) in [5.41, 5.74) is 4.65. The standard InChI is InChI=1S/C24H28FN5O.ClH/c1-14-9-19(25)21(30-23(31)27-8-7-24(3)5-6-24)11-17(14)18-10-16-13-28-22(26-4)12-20(16)29-15(18)2;/h9-13H,5-8H2,1-4H3,(H,26,28)(H2,27,30,31);1H. The molecule has 0 aliphatic heterocycles. The highest BCUT2D eigenvalue weighted by Crippen LogP contribution is 2.47. The van der Waals surface area contributed by atoms with Gasteiger partial charge in [0.1, 0.15) is 11.6 Å². The minimum Gasteiger partial charge on any atom is -0.373 e. The average molecular weight is 458 g/mol. The van der Waals surface area contributed by atoms with E-state index >= 15 is 0 Å². The first kappa shape index (κ1) is 23.7. The predicted molar refractivity (Wildman–Crippen MR) is 130 cm³/mol. The topological polar surface area (TPSA) is 78.9 Å². The molecule has 1 fully saturated rings. The van der Waals surface area contributed by atoms with E-state index in [0.29, 0.717) is 12.0 Å². The molecule has 1 saturated carbocycles. The monoisotopic (exact) mass is 457 g/mol. The van der Waals surface area contributed by atoms with E-state index in [9.17, 15) is 9.18 Å². The molecule has 0 unspecified atom stereocenters. The van der Waals surface area contributed by atoms with Crippen molar-refractivity contribution in [2.45, 2.75) is 40.0 Å². The van der Waals surface area contributed by atoms with Crippen LogP contribution in [-0.4, -0.2) is 29.6 Å². The van der Waals surface area contributed by atoms with E-state index in [0.717, 1.165) is 45.5 Å². The van der Waals surface area contributed by atoms with Crippen molar-refractivity contribution in [2.24, 2.45) is 5.41 Å². The highest BCUT2D eigenvalue weighted by molar-refractivity contribution is 5.92. The van der Waals surface area contributed by atoms with Gasteiger partial charge in [-0.2, -0.15) is 0 Å². The van der Waals surface area contributed by atoms with E-state index in [1.165, 1.54) is 18.9 Å². The second-order valence-electron chi connectivity index (χ2n) is 8.72. The first-order valence-electron chi connectivity index (χ1n) is 10.6. The van der Waals surface area contributed by atoms with E-state index in [1.54, 1.807) is 12.3 Å². The van der Waals surface area contributed by atoms with Gasteiger partial charge in [0.2, 0.25) is 0 Å². The molecule has 170 valence electrons. The van der Waals surface area contributed by atoms with Crippen molar-refractivity contribution in [1.29, 1.82) is 0 Å². The van der Waals surface area contributed by atoms with E-state index in [4.69, 9.17) is 4.98 Å². The Hall–Kier alpha value is -2.93. The summed E-state index contributed by atoms with van der Waals surface area (Å²) in [5, 5.41) is 9.40. The third-order valence-corrected chi connectivity index (χ3v) is 6.12. The number of carbonyl (C=O) groups excluding carboxylic acids is 1. The summed E-state index contributed by atoms with van der Waals surface area (Å²) in [5.74, 6) is 0.288. The van der Waals surface area contributed by atoms with Crippen molar-refractivity contribution in [2.75, 3.05) is 24.2 Å². The van der Waals surface area contributed by atoms with Gasteiger partial charge in [0.05, 0.1) is 11.2 Å². The van der Waals surface area contributed by atoms with Crippen LogP contribution < -0.4 is 16.0 Å². The van der Waals surface area contributed by atoms with E-state index in [-0.39, 0.29) is 18.1 Å². The molecule has 2 aromatic heterocycles. The molecule has 1 aliphatic rings. The predicted octanol–water partition coefficient (Wildman–Crippen LogP) is 5.83. The number of anilines is 2. The molecule has 6 nitrogen and oxygen atoms in total. The lowest BCUT2D eigenvalue weighted by atomic mass is 9.97. The minimum atomic E-state index is -0.461. The molecule has 8 heteroatoms. The summed E-state index contributed by atoms with van der Waals surface area (Å²) in [6.45, 7) is 6.57. The number of aryl methyl sites for hydroxylation is 2. The molecule has 0 spiro atoms. The molecule has 3 N–H and O–H groups in total. The van der Waals surface area contributed by atoms with Crippen LogP contribution in [0.3, 0.4) is 0 Å². The van der Waals surface area contributed by atoms with Crippen LogP contribution in [0.25, 0.3) is 22.0 Å². The Labute approximate surface area is 193 Å². The summed E-state index contributed by atoms with van der Waals surface area (Å²) >= 11 is 0. The first-order chi connectivity index (χ1) is 14.8. The number of nitrogens with zero attached hydrogens (tertiary/aromatic N) is 2. The molecule has 3 aromatic rings. The number of carbonyl (C=O) groups is 1. The van der Waals surface area contributed by atoms with Gasteiger partial charge in [-0.05, 0) is 67.9 Å². The van der Waals surface area contributed by atoms with Crippen LogP contribution in [0.1, 0.15) is 37.4 Å². The van der Waals surface area contributed by atoms with Crippen LogP contribution in [-0.2, 0) is 0 Å². The number of urea groups is 1. The summed E-state index contributed by atoms with van der Waals surface area (Å²) in [4.78, 5) is 21.4. The molecule has 1 aliphatic carbocycles. The van der Waals surface area contributed by atoms with Gasteiger partial charge in [-0.15, -0.1) is 12.4 Å². The van der Waals surface area contributed by atoms with Crippen molar-refractivity contribution in [3.05, 3.63) is 47.5 Å². The number of amides is 2. The van der Waals surface area contributed by atoms with E-state index in [1.807, 2.05) is 33.0 Å². The van der Waals surface area contributed by atoms with Gasteiger partial charge < -0.3 is 16.0 Å². The third-order valence-electron chi connectivity index (χ3n) is 6.12. The molecule has 0 radical (unpaired) electrons. The lowest BCUT2D eigenvalue weighted by Gasteiger charge is -2.15. The molecular weight excluding hydrogens is 429 g/mol. The summed E-state index contributed by atoms with van der Waals surface area (Å²) < 4.78 is 14.6. The number of fused-ring (bicyclic) bond motifs is 1. The van der Waals surface area contributed by atoms with Crippen LogP contribution in [0, 0.1) is 25.1 Å². The fraction of sp³-hybridized carbons (Fsp3) is 0.375. The summed E-state index contributed by atoms with van der Waals surface area (Å²) in [6, 6.07) is 6.63. The summed E-state index contributed by atoms with van der Waals surface area (Å²) in [7, 11) is 1.81. The zero-order valence-electron chi connectivity index (χ0n) is 18.8. The zero-order chi connectivity index (χ0) is 22.2. The number of halogens is 2. The molecule has 0 saturated heterocycles. The molecule has 32 heavy (non-hydrogen) atoms. The van der Waals surface area contributed by atoms with Gasteiger partial charge in [0, 0.05) is 42.5 Å². The van der Waals surface area contributed by atoms with Gasteiger partial charge in [-0.3, -0.25) is 4.98 Å². The Morgan fingerprint density at radius 2 is 1.91 bits per heavy atom. The maximum absolute atomic E-state index is 14.6. The number of hydrogen-bond donors (Lipinski definition) is 3. The van der Waals surface area contributed by atoms with Crippen LogP contribution in [0.15, 0.2) is 30.5 Å². The van der Waals surface area contributed by atoms with Crippen LogP contribution in [0.4, 0.5) is 20.7 Å². The van der Waals surface area contributed by atoms with Crippen molar-refractivity contribution in [3.63, 3.8) is 0 Å². The van der Waals surface area contributed by atoms with Gasteiger partial charge >= 0.3 is 6.03 Å². The van der Waals surface area contributed by atoms with Crippen LogP contribution >= 0.6 is 12.4 Å². The van der Waals surface area contributed by atoms with Crippen LogP contribution in [0.5, 0.6) is 0 Å². The van der Waals surface area contributed by atoms with Crippen molar-refractivity contribution in [3.8, 4) is 11.1 Å². The highest BCUT2D eigenvalue weighted by atomic mass is 35.5. The molecule has 2 heterocycles. The second kappa shape index (κ2) is 9.28. The molecular formula is C24H29ClFN5O. The second-order valence-corrected chi connectivity index (χ2v) is 8.72. The van der Waals surface area contributed by atoms with Gasteiger partial charge in [0.25, 0.3) is 0 Å². The Morgan fingerprint density at radius 1 is 1.16 bits per heavy atom. The molecule has 0 atom stereocenters. The van der Waals surface area contributed by atoms with Gasteiger partial charge in [0.15, 0.2) is 0 Å². The SMILES string of the molecule is CNc1cc2nc(C)c(-c3cc(NC(=O)NCCC4(C)CC4)c(F)cc3C)cc2cn1.Cl. The number of benzene rings is 1. The number of nitrogens with one attached hydrogen (secondary N) is 3. The Balaban J connectivity index is 0.00000289. The fourth-order valence-corrected chi connectivity index (χ4v) is 3.74.